The van der Waals surface area contributed by atoms with Crippen molar-refractivity contribution < 1.29 is 0 Å². The fraction of sp³-hybridized carbons (Fsp3) is 0.100. The van der Waals surface area contributed by atoms with Crippen LogP contribution in [0.5, 0.6) is 0 Å². The second kappa shape index (κ2) is 4.21. The maximum atomic E-state index is 6.08. The average Bonchev–Trinajstić information content (AvgIpc) is 2.69. The van der Waals surface area contributed by atoms with E-state index in [4.69, 9.17) is 5.73 Å². The first-order valence-corrected chi connectivity index (χ1v) is 5.89. The number of hydrogen-bond donors (Lipinski definition) is 1. The molecule has 2 nitrogen and oxygen atoms in total. The van der Waals surface area contributed by atoms with Crippen LogP contribution in [-0.4, -0.2) is 4.98 Å². The molecular weight excluding hydrogens is 260 g/mol. The molecule has 2 heterocycles. The standard InChI is InChI=1S/C10H9BrN2S/c11-9-3-8(4-13-5-9)10(12)7-1-2-14-6-7/h1-6,10H,12H2. The molecule has 0 bridgehead atoms. The molecule has 4 heteroatoms. The van der Waals surface area contributed by atoms with E-state index in [1.54, 1.807) is 23.7 Å². The Hall–Kier alpha value is -0.710. The highest BCUT2D eigenvalue weighted by Crippen LogP contribution is 2.22. The second-order valence-corrected chi connectivity index (χ2v) is 4.67. The molecule has 1 atom stereocenters. The van der Waals surface area contributed by atoms with E-state index in [1.165, 1.54) is 0 Å². The van der Waals surface area contributed by atoms with Crippen LogP contribution in [0.4, 0.5) is 0 Å². The van der Waals surface area contributed by atoms with Gasteiger partial charge in [-0.2, -0.15) is 11.3 Å². The van der Waals surface area contributed by atoms with Crippen LogP contribution in [0.3, 0.4) is 0 Å². The zero-order valence-electron chi connectivity index (χ0n) is 7.35. The van der Waals surface area contributed by atoms with Gasteiger partial charge in [0.05, 0.1) is 6.04 Å². The van der Waals surface area contributed by atoms with Gasteiger partial charge in [-0.05, 0) is 49.9 Å². The molecule has 2 aromatic rings. The SMILES string of the molecule is NC(c1ccsc1)c1cncc(Br)c1. The Bertz CT molecular complexity index is 414. The highest BCUT2D eigenvalue weighted by Gasteiger charge is 2.09. The van der Waals surface area contributed by atoms with Crippen LogP contribution in [0.15, 0.2) is 39.8 Å². The van der Waals surface area contributed by atoms with Crippen LogP contribution >= 0.6 is 27.3 Å². The molecule has 0 fully saturated rings. The van der Waals surface area contributed by atoms with E-state index < -0.39 is 0 Å². The summed E-state index contributed by atoms with van der Waals surface area (Å²) in [6, 6.07) is 3.96. The minimum atomic E-state index is -0.0775. The van der Waals surface area contributed by atoms with E-state index in [-0.39, 0.29) is 6.04 Å². The average molecular weight is 269 g/mol. The summed E-state index contributed by atoms with van der Waals surface area (Å²) in [5.41, 5.74) is 8.24. The summed E-state index contributed by atoms with van der Waals surface area (Å²) >= 11 is 5.03. The van der Waals surface area contributed by atoms with E-state index >= 15 is 0 Å². The first-order valence-electron chi connectivity index (χ1n) is 4.15. The van der Waals surface area contributed by atoms with Crippen LogP contribution in [0.1, 0.15) is 17.2 Å². The smallest absolute Gasteiger partial charge is 0.0575 e. The number of halogens is 1. The van der Waals surface area contributed by atoms with Crippen molar-refractivity contribution in [3.8, 4) is 0 Å². The third kappa shape index (κ3) is 2.03. The molecule has 0 aliphatic carbocycles. The molecule has 0 aromatic carbocycles. The lowest BCUT2D eigenvalue weighted by molar-refractivity contribution is 0.867. The van der Waals surface area contributed by atoms with E-state index in [0.717, 1.165) is 15.6 Å². The van der Waals surface area contributed by atoms with Gasteiger partial charge in [0, 0.05) is 16.9 Å². The summed E-state index contributed by atoms with van der Waals surface area (Å²) < 4.78 is 0.959. The Morgan fingerprint density at radius 2 is 2.21 bits per heavy atom. The van der Waals surface area contributed by atoms with Gasteiger partial charge in [0.1, 0.15) is 0 Å². The van der Waals surface area contributed by atoms with Crippen molar-refractivity contribution in [1.29, 1.82) is 0 Å². The summed E-state index contributed by atoms with van der Waals surface area (Å²) in [6.07, 6.45) is 3.55. The molecule has 0 aliphatic heterocycles. The van der Waals surface area contributed by atoms with Gasteiger partial charge in [-0.15, -0.1) is 0 Å². The van der Waals surface area contributed by atoms with E-state index in [1.807, 2.05) is 17.5 Å². The topological polar surface area (TPSA) is 38.9 Å². The minimum Gasteiger partial charge on any atom is -0.320 e. The molecule has 0 amide bonds. The van der Waals surface area contributed by atoms with Crippen molar-refractivity contribution >= 4 is 27.3 Å². The molecule has 0 aliphatic rings. The Kier molecular flexibility index (Phi) is 2.96. The van der Waals surface area contributed by atoms with Crippen molar-refractivity contribution in [2.75, 3.05) is 0 Å². The molecule has 0 saturated heterocycles. The molecule has 2 rings (SSSR count). The normalized spacial score (nSPS) is 12.7. The lowest BCUT2D eigenvalue weighted by atomic mass is 10.1. The fourth-order valence-electron chi connectivity index (χ4n) is 1.24. The van der Waals surface area contributed by atoms with Crippen LogP contribution in [0.25, 0.3) is 0 Å². The van der Waals surface area contributed by atoms with Gasteiger partial charge in [0.15, 0.2) is 0 Å². The summed E-state index contributed by atoms with van der Waals surface area (Å²) in [7, 11) is 0. The first-order chi connectivity index (χ1) is 6.77. The second-order valence-electron chi connectivity index (χ2n) is 2.97. The molecule has 0 saturated carbocycles. The molecule has 0 radical (unpaired) electrons. The summed E-state index contributed by atoms with van der Waals surface area (Å²) in [5.74, 6) is 0. The van der Waals surface area contributed by atoms with Crippen molar-refractivity contribution in [3.63, 3.8) is 0 Å². The number of nitrogens with two attached hydrogens (primary N) is 1. The zero-order valence-corrected chi connectivity index (χ0v) is 9.75. The van der Waals surface area contributed by atoms with Gasteiger partial charge < -0.3 is 5.73 Å². The molecule has 2 N–H and O–H groups in total. The molecular formula is C10H9BrN2S. The number of nitrogens with zero attached hydrogens (tertiary/aromatic N) is 1. The van der Waals surface area contributed by atoms with Crippen molar-refractivity contribution in [3.05, 3.63) is 50.9 Å². The minimum absolute atomic E-state index is 0.0775. The highest BCUT2D eigenvalue weighted by molar-refractivity contribution is 9.10. The predicted molar refractivity (Wildman–Crippen MR) is 62.3 cm³/mol. The van der Waals surface area contributed by atoms with Crippen molar-refractivity contribution in [2.45, 2.75) is 6.04 Å². The maximum absolute atomic E-state index is 6.08. The molecule has 1 unspecified atom stereocenters. The van der Waals surface area contributed by atoms with E-state index in [2.05, 4.69) is 26.3 Å². The van der Waals surface area contributed by atoms with Crippen LogP contribution in [0, 0.1) is 0 Å². The summed E-state index contributed by atoms with van der Waals surface area (Å²) in [5, 5.41) is 4.09. The quantitative estimate of drug-likeness (QED) is 0.910. The number of hydrogen-bond acceptors (Lipinski definition) is 3. The fourth-order valence-corrected chi connectivity index (χ4v) is 2.32. The number of rotatable bonds is 2. The Morgan fingerprint density at radius 1 is 1.36 bits per heavy atom. The van der Waals surface area contributed by atoms with Crippen LogP contribution < -0.4 is 5.73 Å². The maximum Gasteiger partial charge on any atom is 0.0575 e. The monoisotopic (exact) mass is 268 g/mol. The third-order valence-corrected chi connectivity index (χ3v) is 3.12. The van der Waals surface area contributed by atoms with Gasteiger partial charge in [-0.3, -0.25) is 4.98 Å². The van der Waals surface area contributed by atoms with E-state index in [9.17, 15) is 0 Å². The summed E-state index contributed by atoms with van der Waals surface area (Å²) in [4.78, 5) is 4.09. The van der Waals surface area contributed by atoms with Gasteiger partial charge in [-0.1, -0.05) is 0 Å². The van der Waals surface area contributed by atoms with Gasteiger partial charge in [0.25, 0.3) is 0 Å². The largest absolute Gasteiger partial charge is 0.320 e. The number of aromatic nitrogens is 1. The Morgan fingerprint density at radius 3 is 2.86 bits per heavy atom. The molecule has 72 valence electrons. The van der Waals surface area contributed by atoms with Gasteiger partial charge in [-0.25, -0.2) is 0 Å². The predicted octanol–water partition coefficient (Wildman–Crippen LogP) is 2.95. The van der Waals surface area contributed by atoms with Gasteiger partial charge >= 0.3 is 0 Å². The Balaban J connectivity index is 2.32. The van der Waals surface area contributed by atoms with E-state index in [0.29, 0.717) is 0 Å². The lowest BCUT2D eigenvalue weighted by Crippen LogP contribution is -2.10. The first kappa shape index (κ1) is 9.83. The third-order valence-electron chi connectivity index (χ3n) is 1.99. The molecule has 0 spiro atoms. The number of thiophene rings is 1. The lowest BCUT2D eigenvalue weighted by Gasteiger charge is -2.09. The number of pyridine rings is 1. The van der Waals surface area contributed by atoms with Crippen molar-refractivity contribution in [2.24, 2.45) is 5.73 Å². The van der Waals surface area contributed by atoms with Crippen molar-refractivity contribution in [1.82, 2.24) is 4.98 Å². The zero-order chi connectivity index (χ0) is 9.97. The summed E-state index contributed by atoms with van der Waals surface area (Å²) in [6.45, 7) is 0. The molecule has 14 heavy (non-hydrogen) atoms. The Labute approximate surface area is 94.9 Å². The van der Waals surface area contributed by atoms with Crippen LogP contribution in [0.2, 0.25) is 0 Å². The van der Waals surface area contributed by atoms with Gasteiger partial charge in [0.2, 0.25) is 0 Å². The molecule has 2 aromatic heterocycles. The highest BCUT2D eigenvalue weighted by atomic mass is 79.9. The van der Waals surface area contributed by atoms with Crippen LogP contribution in [-0.2, 0) is 0 Å².